The highest BCUT2D eigenvalue weighted by Crippen LogP contribution is 2.25. The molecule has 0 bridgehead atoms. The molecule has 1 aliphatic heterocycles. The van der Waals surface area contributed by atoms with Crippen LogP contribution in [0.2, 0.25) is 0 Å². The maximum Gasteiger partial charge on any atom is 0.244 e. The van der Waals surface area contributed by atoms with Crippen LogP contribution in [0.15, 0.2) is 53.1 Å². The molecule has 0 saturated carbocycles. The summed E-state index contributed by atoms with van der Waals surface area (Å²) >= 11 is 1.72. The Hall–Kier alpha value is -3.10. The van der Waals surface area contributed by atoms with E-state index in [1.165, 1.54) is 10.3 Å². The number of aromatic nitrogens is 3. The van der Waals surface area contributed by atoms with Gasteiger partial charge >= 0.3 is 0 Å². The smallest absolute Gasteiger partial charge is 0.244 e. The van der Waals surface area contributed by atoms with Gasteiger partial charge in [-0.3, -0.25) is 9.69 Å². The number of nitrogens with zero attached hydrogens (tertiary/aromatic N) is 5. The highest BCUT2D eigenvalue weighted by Gasteiger charge is 2.27. The summed E-state index contributed by atoms with van der Waals surface area (Å²) in [4.78, 5) is 26.3. The van der Waals surface area contributed by atoms with Gasteiger partial charge in [-0.05, 0) is 38.8 Å². The maximum atomic E-state index is 12.7. The van der Waals surface area contributed by atoms with Gasteiger partial charge in [0.2, 0.25) is 17.6 Å². The van der Waals surface area contributed by atoms with Crippen molar-refractivity contribution < 1.29 is 9.32 Å². The summed E-state index contributed by atoms with van der Waals surface area (Å²) in [6, 6.07) is 16.3. The molecular weight excluding hydrogens is 446 g/mol. The highest BCUT2D eigenvalue weighted by atomic mass is 32.1. The predicted molar refractivity (Wildman–Crippen MR) is 134 cm³/mol. The fourth-order valence-electron chi connectivity index (χ4n) is 4.32. The van der Waals surface area contributed by atoms with E-state index in [2.05, 4.69) is 39.9 Å². The van der Waals surface area contributed by atoms with Crippen LogP contribution in [0, 0.1) is 6.92 Å². The maximum absolute atomic E-state index is 12.7. The monoisotopic (exact) mass is 475 g/mol. The number of hydrogen-bond donors (Lipinski definition) is 0. The van der Waals surface area contributed by atoms with E-state index >= 15 is 0 Å². The molecule has 8 heteroatoms. The Morgan fingerprint density at radius 1 is 1.06 bits per heavy atom. The second kappa shape index (κ2) is 10.0. The molecule has 1 saturated heterocycles. The van der Waals surface area contributed by atoms with Crippen molar-refractivity contribution in [2.75, 3.05) is 26.2 Å². The number of fused-ring (bicyclic) bond motifs is 1. The summed E-state index contributed by atoms with van der Waals surface area (Å²) in [5.41, 5.74) is 3.20. The topological polar surface area (TPSA) is 75.4 Å². The van der Waals surface area contributed by atoms with E-state index in [9.17, 15) is 4.79 Å². The first kappa shape index (κ1) is 22.7. The number of rotatable bonds is 7. The molecule has 3 heterocycles. The normalized spacial score (nSPS) is 15.6. The van der Waals surface area contributed by atoms with Crippen LogP contribution in [0.4, 0.5) is 0 Å². The van der Waals surface area contributed by atoms with Gasteiger partial charge in [-0.15, -0.1) is 11.3 Å². The lowest BCUT2D eigenvalue weighted by Crippen LogP contribution is -2.49. The van der Waals surface area contributed by atoms with Gasteiger partial charge in [-0.1, -0.05) is 47.1 Å². The molecule has 7 nitrogen and oxygen atoms in total. The molecule has 0 spiro atoms. The zero-order valence-electron chi connectivity index (χ0n) is 19.6. The summed E-state index contributed by atoms with van der Waals surface area (Å²) < 4.78 is 6.78. The van der Waals surface area contributed by atoms with Gasteiger partial charge in [0.1, 0.15) is 0 Å². The van der Waals surface area contributed by atoms with Gasteiger partial charge < -0.3 is 9.42 Å². The van der Waals surface area contributed by atoms with Crippen molar-refractivity contribution in [3.63, 3.8) is 0 Å². The lowest BCUT2D eigenvalue weighted by atomic mass is 10.1. The molecule has 0 radical (unpaired) electrons. The first-order chi connectivity index (χ1) is 16.6. The Balaban J connectivity index is 1.09. The second-order valence-corrected chi connectivity index (χ2v) is 9.96. The minimum absolute atomic E-state index is 0.0167. The number of carbonyl (C=O) groups excluding carboxylic acids is 1. The predicted octanol–water partition coefficient (Wildman–Crippen LogP) is 4.88. The molecule has 1 atom stereocenters. The van der Waals surface area contributed by atoms with Crippen LogP contribution < -0.4 is 0 Å². The molecule has 2 aromatic heterocycles. The van der Waals surface area contributed by atoms with Crippen LogP contribution in [-0.4, -0.2) is 57.0 Å². The zero-order valence-corrected chi connectivity index (χ0v) is 20.4. The first-order valence-corrected chi connectivity index (χ1v) is 12.7. The fraction of sp³-hybridized carbons (Fsp3) is 0.385. The Morgan fingerprint density at radius 2 is 1.82 bits per heavy atom. The summed E-state index contributed by atoms with van der Waals surface area (Å²) in [5, 5.41) is 5.27. The molecule has 1 aliphatic rings. The number of benzene rings is 2. The van der Waals surface area contributed by atoms with Crippen LogP contribution in [0.3, 0.4) is 0 Å². The van der Waals surface area contributed by atoms with Gasteiger partial charge in [0.15, 0.2) is 0 Å². The van der Waals surface area contributed by atoms with Gasteiger partial charge in [-0.25, -0.2) is 4.98 Å². The Kier molecular flexibility index (Phi) is 6.69. The Bertz CT molecular complexity index is 1220. The number of amides is 1. The van der Waals surface area contributed by atoms with E-state index in [0.29, 0.717) is 18.1 Å². The van der Waals surface area contributed by atoms with E-state index in [0.717, 1.165) is 55.1 Å². The quantitative estimate of drug-likeness (QED) is 0.379. The van der Waals surface area contributed by atoms with E-state index in [1.807, 2.05) is 47.4 Å². The molecule has 0 N–H and O–H groups in total. The van der Waals surface area contributed by atoms with Crippen LogP contribution in [0.1, 0.15) is 42.3 Å². The molecule has 176 valence electrons. The van der Waals surface area contributed by atoms with E-state index in [1.54, 1.807) is 11.3 Å². The van der Waals surface area contributed by atoms with Crippen LogP contribution in [0.5, 0.6) is 0 Å². The molecule has 2 aromatic carbocycles. The average molecular weight is 476 g/mol. The largest absolute Gasteiger partial charge is 0.340 e. The molecule has 1 fully saturated rings. The minimum atomic E-state index is 0.0167. The van der Waals surface area contributed by atoms with Crippen molar-refractivity contribution in [2.24, 2.45) is 0 Å². The van der Waals surface area contributed by atoms with Crippen LogP contribution >= 0.6 is 11.3 Å². The van der Waals surface area contributed by atoms with Crippen molar-refractivity contribution in [1.29, 1.82) is 0 Å². The molecule has 1 unspecified atom stereocenters. The van der Waals surface area contributed by atoms with Crippen LogP contribution in [0.25, 0.3) is 21.6 Å². The Labute approximate surface area is 203 Å². The van der Waals surface area contributed by atoms with Crippen molar-refractivity contribution >= 4 is 27.5 Å². The summed E-state index contributed by atoms with van der Waals surface area (Å²) in [6.45, 7) is 7.19. The third-order valence-corrected chi connectivity index (χ3v) is 7.54. The number of aryl methyl sites for hydroxylation is 2. The fourth-order valence-corrected chi connectivity index (χ4v) is 5.32. The lowest BCUT2D eigenvalue weighted by molar-refractivity contribution is -0.133. The van der Waals surface area contributed by atoms with Gasteiger partial charge in [0.25, 0.3) is 0 Å². The van der Waals surface area contributed by atoms with Crippen molar-refractivity contribution in [3.05, 3.63) is 65.0 Å². The van der Waals surface area contributed by atoms with Crippen molar-refractivity contribution in [1.82, 2.24) is 24.9 Å². The second-order valence-electron chi connectivity index (χ2n) is 8.84. The molecular formula is C26H29N5O2S. The molecule has 34 heavy (non-hydrogen) atoms. The average Bonchev–Trinajstić information content (AvgIpc) is 3.51. The zero-order chi connectivity index (χ0) is 23.5. The lowest BCUT2D eigenvalue weighted by Gasteiger charge is -2.36. The molecule has 0 aliphatic carbocycles. The third kappa shape index (κ3) is 5.03. The molecule has 4 aromatic rings. The van der Waals surface area contributed by atoms with Gasteiger partial charge in [0.05, 0.1) is 21.3 Å². The van der Waals surface area contributed by atoms with Gasteiger partial charge in [0, 0.05) is 38.2 Å². The molecule has 5 rings (SSSR count). The standard InChI is InChI=1S/C26H29N5O2S/c1-18-10-12-20(13-11-18)25-28-26(33-29-25)19(2)30-14-16-31(17-15-30)24(32)9-5-8-23-27-21-6-3-4-7-22(21)34-23/h3-4,6-7,10-13,19H,5,8-9,14-17H2,1-2H3. The number of para-hydroxylation sites is 1. The number of hydrogen-bond acceptors (Lipinski definition) is 7. The van der Waals surface area contributed by atoms with E-state index in [4.69, 9.17) is 4.52 Å². The van der Waals surface area contributed by atoms with Crippen LogP contribution in [-0.2, 0) is 11.2 Å². The summed E-state index contributed by atoms with van der Waals surface area (Å²) in [5.74, 6) is 1.46. The van der Waals surface area contributed by atoms with E-state index < -0.39 is 0 Å². The Morgan fingerprint density at radius 3 is 2.59 bits per heavy atom. The van der Waals surface area contributed by atoms with Gasteiger partial charge in [-0.2, -0.15) is 4.98 Å². The SMILES string of the molecule is Cc1ccc(-c2noc(C(C)N3CCN(C(=O)CCCc4nc5ccccc5s4)CC3)n2)cc1. The third-order valence-electron chi connectivity index (χ3n) is 6.44. The number of carbonyl (C=O) groups is 1. The number of piperazine rings is 1. The molecule has 1 amide bonds. The number of thiazole rings is 1. The summed E-state index contributed by atoms with van der Waals surface area (Å²) in [7, 11) is 0. The first-order valence-electron chi connectivity index (χ1n) is 11.8. The summed E-state index contributed by atoms with van der Waals surface area (Å²) in [6.07, 6.45) is 2.25. The highest BCUT2D eigenvalue weighted by molar-refractivity contribution is 7.18. The minimum Gasteiger partial charge on any atom is -0.340 e. The van der Waals surface area contributed by atoms with E-state index in [-0.39, 0.29) is 11.9 Å². The van der Waals surface area contributed by atoms with Crippen molar-refractivity contribution in [3.8, 4) is 11.4 Å². The van der Waals surface area contributed by atoms with Crippen molar-refractivity contribution in [2.45, 2.75) is 39.2 Å².